The summed E-state index contributed by atoms with van der Waals surface area (Å²) in [6, 6.07) is 47.7. The van der Waals surface area contributed by atoms with Crippen molar-refractivity contribution in [1.29, 1.82) is 0 Å². The van der Waals surface area contributed by atoms with Gasteiger partial charge in [-0.25, -0.2) is 0 Å². The number of aliphatic hydroxyl groups excluding tert-OH is 1. The number of fused-ring (bicyclic) bond motifs is 2. The Morgan fingerprint density at radius 3 is 1.46 bits per heavy atom. The molecule has 492 valence electrons. The van der Waals surface area contributed by atoms with E-state index in [0.29, 0.717) is 63.3 Å². The number of allylic oxidation sites excluding steroid dienone is 2. The largest absolute Gasteiger partial charge is 0.492 e. The molecule has 0 fully saturated rings. The second-order valence-corrected chi connectivity index (χ2v) is 26.5. The molecule has 0 aliphatic carbocycles. The van der Waals surface area contributed by atoms with Crippen molar-refractivity contribution in [2.45, 2.75) is 84.4 Å². The SMILES string of the molecule is CCN(CC)C(=O)CO.CCN(CC)C(=O)COP(=O)(OCC(C)=O)C(C(=O)C/C=C/c1ccccc1)c1cccc2ccccc12.Cc1cc(C)c(S(=O)(=O)n2cnc([N+](=O)[O-])n2)c(C)c1.O=C(C/C=C/c1ccccc1)C(c1cccc2ccccc12)P(=O)(O)O. The van der Waals surface area contributed by atoms with Gasteiger partial charge in [0, 0.05) is 44.1 Å². The van der Waals surface area contributed by atoms with Crippen LogP contribution < -0.4 is 0 Å². The van der Waals surface area contributed by atoms with Crippen LogP contribution >= 0.6 is 15.2 Å². The summed E-state index contributed by atoms with van der Waals surface area (Å²) in [7, 11) is -13.0. The van der Waals surface area contributed by atoms with Crippen molar-refractivity contribution in [3.8, 4) is 0 Å². The van der Waals surface area contributed by atoms with Gasteiger partial charge in [0.2, 0.25) is 18.1 Å². The molecule has 0 aliphatic heterocycles. The molecule has 93 heavy (non-hydrogen) atoms. The fourth-order valence-corrected chi connectivity index (χ4v) is 14.6. The third kappa shape index (κ3) is 21.4. The van der Waals surface area contributed by atoms with Crippen LogP contribution in [0.25, 0.3) is 33.7 Å². The summed E-state index contributed by atoms with van der Waals surface area (Å²) in [5.74, 6) is -2.61. The van der Waals surface area contributed by atoms with Crippen molar-refractivity contribution in [2.24, 2.45) is 0 Å². The Balaban J connectivity index is 0.000000247. The summed E-state index contributed by atoms with van der Waals surface area (Å²) in [5, 5.41) is 25.4. The molecule has 0 spiro atoms. The van der Waals surface area contributed by atoms with E-state index in [4.69, 9.17) is 14.2 Å². The first-order valence-electron chi connectivity index (χ1n) is 29.7. The van der Waals surface area contributed by atoms with E-state index in [0.717, 1.165) is 33.8 Å². The van der Waals surface area contributed by atoms with Crippen molar-refractivity contribution in [3.05, 3.63) is 225 Å². The highest BCUT2D eigenvalue weighted by molar-refractivity contribution is 7.90. The van der Waals surface area contributed by atoms with Gasteiger partial charge in [-0.3, -0.25) is 42.2 Å². The zero-order valence-electron chi connectivity index (χ0n) is 53.1. The number of aliphatic hydroxyl groups is 1. The first-order valence-corrected chi connectivity index (χ1v) is 34.4. The molecule has 1 aromatic heterocycles. The van der Waals surface area contributed by atoms with Gasteiger partial charge in [-0.15, -0.1) is 0 Å². The second kappa shape index (κ2) is 35.9. The quantitative estimate of drug-likeness (QED) is 0.0258. The van der Waals surface area contributed by atoms with E-state index >= 15 is 0 Å². The minimum atomic E-state index is -4.65. The van der Waals surface area contributed by atoms with E-state index in [1.165, 1.54) is 11.8 Å². The van der Waals surface area contributed by atoms with Crippen molar-refractivity contribution in [2.75, 3.05) is 46.0 Å². The Labute approximate surface area is 541 Å². The van der Waals surface area contributed by atoms with Crippen molar-refractivity contribution in [3.63, 3.8) is 0 Å². The number of amides is 2. The second-order valence-electron chi connectivity index (χ2n) is 21.0. The van der Waals surface area contributed by atoms with E-state index in [9.17, 15) is 61.4 Å². The fraction of sp³-hybridized carbons (Fsp3) is 0.279. The Bertz CT molecular complexity index is 4120. The van der Waals surface area contributed by atoms with Crippen molar-refractivity contribution >= 4 is 94.0 Å². The first-order chi connectivity index (χ1) is 44.2. The molecule has 0 bridgehead atoms. The predicted octanol–water partition coefficient (Wildman–Crippen LogP) is 12.2. The monoisotopic (exact) mass is 1330 g/mol. The molecule has 0 radical (unpaired) electrons. The molecule has 3 unspecified atom stereocenters. The fourth-order valence-electron chi connectivity index (χ4n) is 9.98. The summed E-state index contributed by atoms with van der Waals surface area (Å²) in [5.41, 5.74) is 1.92. The normalized spacial score (nSPS) is 12.7. The van der Waals surface area contributed by atoms with Crippen LogP contribution in [-0.4, -0.2) is 127 Å². The average Bonchev–Trinajstić information content (AvgIpc) is 1.59. The number of rotatable bonds is 26. The summed E-state index contributed by atoms with van der Waals surface area (Å²) in [6.07, 6.45) is 7.66. The topological polar surface area (TPSA) is 313 Å². The number of nitrogens with zero attached hydrogens (tertiary/aromatic N) is 6. The van der Waals surface area contributed by atoms with E-state index in [-0.39, 0.29) is 41.9 Å². The molecule has 1 heterocycles. The Kier molecular flexibility index (Phi) is 28.9. The van der Waals surface area contributed by atoms with Crippen LogP contribution in [0.15, 0.2) is 181 Å². The number of Topliss-reactive ketones (excluding diaryl/α,β-unsaturated/α-hetero) is 3. The van der Waals surface area contributed by atoms with Crippen LogP contribution in [0.3, 0.4) is 0 Å². The summed E-state index contributed by atoms with van der Waals surface area (Å²) in [6.45, 7) is 14.7. The van der Waals surface area contributed by atoms with Crippen LogP contribution in [0.1, 0.15) is 97.7 Å². The molecule has 0 saturated carbocycles. The van der Waals surface area contributed by atoms with Gasteiger partial charge >= 0.3 is 21.1 Å². The number of carbonyl (C=O) groups is 5. The molecule has 0 saturated heterocycles. The molecule has 25 heteroatoms. The van der Waals surface area contributed by atoms with E-state index in [2.05, 4.69) is 10.1 Å². The Morgan fingerprint density at radius 2 is 1.04 bits per heavy atom. The van der Waals surface area contributed by atoms with Gasteiger partial charge in [0.25, 0.3) is 10.0 Å². The van der Waals surface area contributed by atoms with Crippen LogP contribution in [0.4, 0.5) is 5.95 Å². The Hall–Kier alpha value is -8.76. The zero-order chi connectivity index (χ0) is 68.5. The minimum absolute atomic E-state index is 0.0477. The van der Waals surface area contributed by atoms with Gasteiger partial charge in [-0.05, 0) is 120 Å². The van der Waals surface area contributed by atoms with Crippen molar-refractivity contribution < 1.29 is 70.4 Å². The number of aryl methyl sites for hydroxylation is 3. The van der Waals surface area contributed by atoms with Crippen LogP contribution in [0.2, 0.25) is 0 Å². The molecule has 8 rings (SSSR count). The number of hydrogen-bond donors (Lipinski definition) is 3. The number of benzene rings is 7. The van der Waals surface area contributed by atoms with Gasteiger partial charge in [0.05, 0.1) is 4.90 Å². The molecule has 0 aliphatic rings. The number of nitro groups is 1. The maximum Gasteiger partial charge on any atom is 0.492 e. The zero-order valence-corrected chi connectivity index (χ0v) is 55.7. The van der Waals surface area contributed by atoms with Crippen LogP contribution in [0, 0.1) is 30.9 Å². The Morgan fingerprint density at radius 1 is 0.624 bits per heavy atom. The smallest absolute Gasteiger partial charge is 0.390 e. The molecule has 3 atom stereocenters. The maximum atomic E-state index is 14.4. The highest BCUT2D eigenvalue weighted by Gasteiger charge is 2.44. The lowest BCUT2D eigenvalue weighted by atomic mass is 9.99. The van der Waals surface area contributed by atoms with Gasteiger partial charge in [-0.2, -0.15) is 8.42 Å². The molecule has 7 aromatic carbocycles. The number of ketones is 3. The molecule has 3 N–H and O–H groups in total. The highest BCUT2D eigenvalue weighted by atomic mass is 32.2. The standard InChI is InChI=1S/C30H34NO6P.C21H19O4P.C11H12N4O4S.C6H13NO2/c1-4-31(5-2)29(34)22-37-38(35,36-21-23(3)32)30(27-19-12-17-25-16-9-10-18-26(25)27)28(33)20-11-15-24-13-7-6-8-14-24;22-20(15-6-10-16-8-2-1-3-9-16)21(26(23,24)25)19-14-7-12-17-11-4-5-13-18(17)19;1-7-4-8(2)10(9(3)5-7)20(18,19)14-6-12-11(13-14)15(16)17;1-3-7(4-2)6(9)5-8/h6-19,30H,4-5,20-22H2,1-3H3;1-14,21H,15H2,(H2,23,24,25);4-6H,1-3H3;8H,3-5H2,1-2H3/b15-11+;10-6+;;. The molecular formula is C68H78N6O16P2S. The van der Waals surface area contributed by atoms with Gasteiger partial charge < -0.3 is 34.8 Å². The third-order valence-corrected chi connectivity index (χ3v) is 19.5. The number of hydrogen-bond acceptors (Lipinski definition) is 16. The van der Waals surface area contributed by atoms with E-state index in [1.54, 1.807) is 85.5 Å². The summed E-state index contributed by atoms with van der Waals surface area (Å²) < 4.78 is 63.3. The average molecular weight is 1330 g/mol. The lowest BCUT2D eigenvalue weighted by Gasteiger charge is -2.28. The lowest BCUT2D eigenvalue weighted by Crippen LogP contribution is -2.33. The van der Waals surface area contributed by atoms with Crippen molar-refractivity contribution in [1.82, 2.24) is 24.0 Å². The number of aromatic nitrogens is 3. The first kappa shape index (κ1) is 75.0. The predicted molar refractivity (Wildman–Crippen MR) is 359 cm³/mol. The van der Waals surface area contributed by atoms with Gasteiger partial charge in [0.15, 0.2) is 17.3 Å². The third-order valence-electron chi connectivity index (χ3n) is 14.3. The van der Waals surface area contributed by atoms with Gasteiger partial charge in [0.1, 0.15) is 31.1 Å². The van der Waals surface area contributed by atoms with E-state index < -0.39 is 72.2 Å². The lowest BCUT2D eigenvalue weighted by molar-refractivity contribution is -0.394. The van der Waals surface area contributed by atoms with Crippen LogP contribution in [0.5, 0.6) is 0 Å². The molecule has 2 amide bonds. The molecular weight excluding hydrogens is 1250 g/mol. The summed E-state index contributed by atoms with van der Waals surface area (Å²) >= 11 is 0. The maximum absolute atomic E-state index is 14.4. The molecule has 8 aromatic rings. The summed E-state index contributed by atoms with van der Waals surface area (Å²) in [4.78, 5) is 97.6. The van der Waals surface area contributed by atoms with E-state index in [1.807, 2.05) is 150 Å². The number of likely N-dealkylation sites (N-methyl/N-ethyl adjacent to an activating group) is 2. The minimum Gasteiger partial charge on any atom is -0.390 e. The van der Waals surface area contributed by atoms with Crippen LogP contribution in [-0.2, 0) is 52.2 Å². The highest BCUT2D eigenvalue weighted by Crippen LogP contribution is 2.62. The molecule has 22 nitrogen and oxygen atoms in total. The van der Waals surface area contributed by atoms with Gasteiger partial charge in [-0.1, -0.05) is 192 Å². The number of carbonyl (C=O) groups excluding carboxylic acids is 5.